The number of aryl methyl sites for hydroxylation is 3. The van der Waals surface area contributed by atoms with Gasteiger partial charge in [-0.25, -0.2) is 8.42 Å². The number of rotatable bonds is 3. The number of aromatic nitrogens is 2. The predicted molar refractivity (Wildman–Crippen MR) is 68.8 cm³/mol. The minimum atomic E-state index is -3.43. The molecule has 0 amide bonds. The third-order valence-electron chi connectivity index (χ3n) is 2.74. The summed E-state index contributed by atoms with van der Waals surface area (Å²) in [7, 11) is 3.63. The van der Waals surface area contributed by atoms with Gasteiger partial charge in [0.05, 0.1) is 17.0 Å². The van der Waals surface area contributed by atoms with Crippen molar-refractivity contribution in [2.24, 2.45) is 7.05 Å². The Bertz CT molecular complexity index is 661. The molecule has 0 aliphatic rings. The fraction of sp³-hybridized carbons (Fsp3) is 0.364. The van der Waals surface area contributed by atoms with Gasteiger partial charge < -0.3 is 0 Å². The lowest BCUT2D eigenvalue weighted by atomic mass is 10.1. The Hall–Kier alpha value is -1.07. The van der Waals surface area contributed by atoms with E-state index in [1.807, 2.05) is 32.2 Å². The molecule has 0 bridgehead atoms. The van der Waals surface area contributed by atoms with E-state index in [0.29, 0.717) is 6.42 Å². The van der Waals surface area contributed by atoms with Gasteiger partial charge in [0, 0.05) is 23.1 Å². The highest BCUT2D eigenvalue weighted by Crippen LogP contribution is 2.19. The average molecular weight is 273 g/mol. The second kappa shape index (κ2) is 4.31. The standard InChI is InChI=1S/C11H13ClN2O2S/c1-8-10-4-3-9(5-6-17(12,15)16)7-11(10)14(2)13-8/h3-4,7H,5-6H2,1-2H3. The molecule has 92 valence electrons. The molecular formula is C11H13ClN2O2S. The van der Waals surface area contributed by atoms with Crippen LogP contribution in [0.25, 0.3) is 10.9 Å². The summed E-state index contributed by atoms with van der Waals surface area (Å²) in [6, 6.07) is 5.84. The van der Waals surface area contributed by atoms with E-state index in [4.69, 9.17) is 10.7 Å². The summed E-state index contributed by atoms with van der Waals surface area (Å²) in [5.41, 5.74) is 2.93. The molecule has 0 N–H and O–H groups in total. The van der Waals surface area contributed by atoms with Gasteiger partial charge in [-0.05, 0) is 25.0 Å². The van der Waals surface area contributed by atoms with Crippen LogP contribution in [0.2, 0.25) is 0 Å². The van der Waals surface area contributed by atoms with Crippen molar-refractivity contribution >= 4 is 30.6 Å². The van der Waals surface area contributed by atoms with Crippen molar-refractivity contribution < 1.29 is 8.42 Å². The van der Waals surface area contributed by atoms with Crippen LogP contribution in [0, 0.1) is 6.92 Å². The molecule has 0 atom stereocenters. The molecule has 17 heavy (non-hydrogen) atoms. The average Bonchev–Trinajstić information content (AvgIpc) is 2.51. The van der Waals surface area contributed by atoms with Crippen LogP contribution < -0.4 is 0 Å². The second-order valence-electron chi connectivity index (χ2n) is 4.05. The number of benzene rings is 1. The molecule has 0 saturated heterocycles. The lowest BCUT2D eigenvalue weighted by Crippen LogP contribution is -2.01. The maximum absolute atomic E-state index is 10.9. The van der Waals surface area contributed by atoms with Gasteiger partial charge in [0.15, 0.2) is 0 Å². The lowest BCUT2D eigenvalue weighted by Gasteiger charge is -2.01. The van der Waals surface area contributed by atoms with Crippen molar-refractivity contribution in [3.8, 4) is 0 Å². The van der Waals surface area contributed by atoms with Crippen LogP contribution in [0.1, 0.15) is 11.3 Å². The van der Waals surface area contributed by atoms with Gasteiger partial charge in [0.1, 0.15) is 0 Å². The normalized spacial score (nSPS) is 12.2. The molecular weight excluding hydrogens is 260 g/mol. The monoisotopic (exact) mass is 272 g/mol. The summed E-state index contributed by atoms with van der Waals surface area (Å²) in [5, 5.41) is 5.40. The van der Waals surface area contributed by atoms with E-state index in [-0.39, 0.29) is 5.75 Å². The first kappa shape index (κ1) is 12.4. The van der Waals surface area contributed by atoms with Crippen LogP contribution >= 0.6 is 10.7 Å². The van der Waals surface area contributed by atoms with Crippen molar-refractivity contribution in [2.45, 2.75) is 13.3 Å². The molecule has 0 aliphatic heterocycles. The third kappa shape index (κ3) is 2.79. The van der Waals surface area contributed by atoms with Gasteiger partial charge in [-0.2, -0.15) is 5.10 Å². The molecule has 0 saturated carbocycles. The smallest absolute Gasteiger partial charge is 0.232 e. The van der Waals surface area contributed by atoms with Crippen molar-refractivity contribution in [1.82, 2.24) is 9.78 Å². The van der Waals surface area contributed by atoms with Crippen molar-refractivity contribution in [3.63, 3.8) is 0 Å². The van der Waals surface area contributed by atoms with Gasteiger partial charge in [0.25, 0.3) is 0 Å². The lowest BCUT2D eigenvalue weighted by molar-refractivity contribution is 0.609. The molecule has 0 spiro atoms. The van der Waals surface area contributed by atoms with Crippen LogP contribution in [-0.2, 0) is 22.5 Å². The number of hydrogen-bond acceptors (Lipinski definition) is 3. The predicted octanol–water partition coefficient (Wildman–Crippen LogP) is 1.99. The van der Waals surface area contributed by atoms with Crippen LogP contribution in [0.3, 0.4) is 0 Å². The summed E-state index contributed by atoms with van der Waals surface area (Å²) >= 11 is 0. The Morgan fingerprint density at radius 3 is 2.76 bits per heavy atom. The quantitative estimate of drug-likeness (QED) is 0.803. The molecule has 1 heterocycles. The number of nitrogens with zero attached hydrogens (tertiary/aromatic N) is 2. The Morgan fingerprint density at radius 1 is 1.41 bits per heavy atom. The minimum Gasteiger partial charge on any atom is -0.268 e. The molecule has 4 nitrogen and oxygen atoms in total. The highest BCUT2D eigenvalue weighted by molar-refractivity contribution is 8.13. The summed E-state index contributed by atoms with van der Waals surface area (Å²) < 4.78 is 23.6. The molecule has 0 fully saturated rings. The molecule has 0 aliphatic carbocycles. The number of halogens is 1. The summed E-state index contributed by atoms with van der Waals surface area (Å²) in [4.78, 5) is 0. The number of fused-ring (bicyclic) bond motifs is 1. The second-order valence-corrected chi connectivity index (χ2v) is 6.95. The van der Waals surface area contributed by atoms with E-state index in [1.54, 1.807) is 4.68 Å². The zero-order valence-electron chi connectivity index (χ0n) is 9.64. The SMILES string of the molecule is Cc1nn(C)c2cc(CCS(=O)(=O)Cl)ccc12. The highest BCUT2D eigenvalue weighted by atomic mass is 35.7. The Morgan fingerprint density at radius 2 is 2.12 bits per heavy atom. The van der Waals surface area contributed by atoms with Crippen molar-refractivity contribution in [1.29, 1.82) is 0 Å². The van der Waals surface area contributed by atoms with Crippen molar-refractivity contribution in [2.75, 3.05) is 5.75 Å². The van der Waals surface area contributed by atoms with Gasteiger partial charge in [0.2, 0.25) is 9.05 Å². The maximum Gasteiger partial charge on any atom is 0.232 e. The van der Waals surface area contributed by atoms with E-state index in [0.717, 1.165) is 22.2 Å². The van der Waals surface area contributed by atoms with E-state index in [2.05, 4.69) is 5.10 Å². The molecule has 0 unspecified atom stereocenters. The van der Waals surface area contributed by atoms with Crippen LogP contribution in [0.4, 0.5) is 0 Å². The molecule has 6 heteroatoms. The zero-order valence-corrected chi connectivity index (χ0v) is 11.2. The summed E-state index contributed by atoms with van der Waals surface area (Å²) in [5.74, 6) is -0.0447. The highest BCUT2D eigenvalue weighted by Gasteiger charge is 2.08. The fourth-order valence-electron chi connectivity index (χ4n) is 1.88. The largest absolute Gasteiger partial charge is 0.268 e. The fourth-order valence-corrected chi connectivity index (χ4v) is 2.59. The van der Waals surface area contributed by atoms with E-state index in [9.17, 15) is 8.42 Å². The van der Waals surface area contributed by atoms with Gasteiger partial charge in [-0.3, -0.25) is 4.68 Å². The Labute approximate surface area is 105 Å². The van der Waals surface area contributed by atoms with Gasteiger partial charge >= 0.3 is 0 Å². The van der Waals surface area contributed by atoms with Crippen LogP contribution in [0.5, 0.6) is 0 Å². The van der Waals surface area contributed by atoms with Crippen LogP contribution in [0.15, 0.2) is 18.2 Å². The molecule has 2 rings (SSSR count). The molecule has 1 aromatic carbocycles. The van der Waals surface area contributed by atoms with Crippen molar-refractivity contribution in [3.05, 3.63) is 29.5 Å². The topological polar surface area (TPSA) is 52.0 Å². The van der Waals surface area contributed by atoms with Crippen LogP contribution in [-0.4, -0.2) is 24.0 Å². The minimum absolute atomic E-state index is 0.0447. The zero-order chi connectivity index (χ0) is 12.6. The molecule has 0 radical (unpaired) electrons. The number of hydrogen-bond donors (Lipinski definition) is 0. The first-order chi connectivity index (χ1) is 7.87. The van der Waals surface area contributed by atoms with Gasteiger partial charge in [-0.15, -0.1) is 0 Å². The Kier molecular flexibility index (Phi) is 3.14. The first-order valence-electron chi connectivity index (χ1n) is 5.21. The third-order valence-corrected chi connectivity index (χ3v) is 3.89. The van der Waals surface area contributed by atoms with E-state index < -0.39 is 9.05 Å². The molecule has 1 aromatic heterocycles. The Balaban J connectivity index is 2.35. The van der Waals surface area contributed by atoms with E-state index in [1.165, 1.54) is 0 Å². The van der Waals surface area contributed by atoms with E-state index >= 15 is 0 Å². The summed E-state index contributed by atoms with van der Waals surface area (Å²) in [6.45, 7) is 1.95. The van der Waals surface area contributed by atoms with Gasteiger partial charge in [-0.1, -0.05) is 12.1 Å². The molecule has 2 aromatic rings. The first-order valence-corrected chi connectivity index (χ1v) is 7.69. The maximum atomic E-state index is 10.9. The summed E-state index contributed by atoms with van der Waals surface area (Å²) in [6.07, 6.45) is 0.423.